The van der Waals surface area contributed by atoms with Crippen molar-refractivity contribution in [2.75, 3.05) is 27.7 Å². The van der Waals surface area contributed by atoms with E-state index in [1.165, 1.54) is 12.7 Å². The highest BCUT2D eigenvalue weighted by atomic mass is 127. The molecule has 0 heterocycles. The van der Waals surface area contributed by atoms with Crippen LogP contribution in [0.25, 0.3) is 0 Å². The topological polar surface area (TPSA) is 53.9 Å². The molecular formula is C18H30IN3O2. The molecule has 1 rings (SSSR count). The Hall–Kier alpha value is -1.31. The lowest BCUT2D eigenvalue weighted by Crippen LogP contribution is -2.38. The lowest BCUT2D eigenvalue weighted by molar-refractivity contribution is -0.140. The Morgan fingerprint density at radius 3 is 2.46 bits per heavy atom. The van der Waals surface area contributed by atoms with Gasteiger partial charge in [-0.2, -0.15) is 0 Å². The van der Waals surface area contributed by atoms with Gasteiger partial charge in [-0.15, -0.1) is 24.0 Å². The van der Waals surface area contributed by atoms with Crippen LogP contribution in [-0.4, -0.2) is 44.6 Å². The number of methoxy groups -OCH3 is 1. The molecule has 0 saturated carbocycles. The summed E-state index contributed by atoms with van der Waals surface area (Å²) in [4.78, 5) is 17.4. The van der Waals surface area contributed by atoms with Crippen LogP contribution in [0.5, 0.6) is 0 Å². The number of carbonyl (C=O) groups is 1. The molecule has 136 valence electrons. The van der Waals surface area contributed by atoms with E-state index in [0.29, 0.717) is 6.42 Å². The molecule has 0 aliphatic rings. The Kier molecular flexibility index (Phi) is 13.3. The Balaban J connectivity index is 0.00000529. The highest BCUT2D eigenvalue weighted by Crippen LogP contribution is 2.05. The van der Waals surface area contributed by atoms with Crippen molar-refractivity contribution in [2.45, 2.75) is 38.6 Å². The molecule has 0 atom stereocenters. The molecule has 1 aromatic rings. The summed E-state index contributed by atoms with van der Waals surface area (Å²) in [6.45, 7) is 1.73. The maximum absolute atomic E-state index is 11.0. The van der Waals surface area contributed by atoms with Crippen molar-refractivity contribution < 1.29 is 9.53 Å². The van der Waals surface area contributed by atoms with Crippen LogP contribution in [0.1, 0.15) is 37.7 Å². The fraction of sp³-hybridized carbons (Fsp3) is 0.556. The Morgan fingerprint density at radius 2 is 1.83 bits per heavy atom. The third-order valence-electron chi connectivity index (χ3n) is 3.65. The number of benzene rings is 1. The predicted molar refractivity (Wildman–Crippen MR) is 110 cm³/mol. The van der Waals surface area contributed by atoms with Crippen molar-refractivity contribution in [3.05, 3.63) is 35.9 Å². The maximum Gasteiger partial charge on any atom is 0.305 e. The van der Waals surface area contributed by atoms with E-state index in [9.17, 15) is 4.79 Å². The maximum atomic E-state index is 11.0. The first-order valence-corrected chi connectivity index (χ1v) is 8.20. The van der Waals surface area contributed by atoms with Crippen LogP contribution >= 0.6 is 24.0 Å². The number of hydrogen-bond acceptors (Lipinski definition) is 3. The molecule has 1 N–H and O–H groups in total. The van der Waals surface area contributed by atoms with Crippen molar-refractivity contribution in [1.82, 2.24) is 10.2 Å². The summed E-state index contributed by atoms with van der Waals surface area (Å²) in [6, 6.07) is 10.4. The molecule has 6 heteroatoms. The second-order valence-electron chi connectivity index (χ2n) is 5.56. The molecule has 1 aromatic carbocycles. The van der Waals surface area contributed by atoms with Gasteiger partial charge in [-0.1, -0.05) is 43.2 Å². The zero-order valence-corrected chi connectivity index (χ0v) is 17.3. The highest BCUT2D eigenvalue weighted by Gasteiger charge is 2.05. The van der Waals surface area contributed by atoms with E-state index in [0.717, 1.165) is 44.7 Å². The lowest BCUT2D eigenvalue weighted by Gasteiger charge is -2.22. The zero-order valence-electron chi connectivity index (χ0n) is 15.0. The van der Waals surface area contributed by atoms with E-state index in [1.54, 1.807) is 7.05 Å². The van der Waals surface area contributed by atoms with Gasteiger partial charge in [0, 0.05) is 33.6 Å². The van der Waals surface area contributed by atoms with E-state index in [1.807, 2.05) is 25.2 Å². The number of nitrogens with zero attached hydrogens (tertiary/aromatic N) is 2. The van der Waals surface area contributed by atoms with Crippen LogP contribution < -0.4 is 5.32 Å². The van der Waals surface area contributed by atoms with Crippen molar-refractivity contribution in [1.29, 1.82) is 0 Å². The Labute approximate surface area is 162 Å². The molecule has 0 aliphatic heterocycles. The van der Waals surface area contributed by atoms with Crippen LogP contribution in [0.2, 0.25) is 0 Å². The van der Waals surface area contributed by atoms with Crippen LogP contribution in [-0.2, 0) is 16.1 Å². The van der Waals surface area contributed by atoms with Crippen molar-refractivity contribution in [2.24, 2.45) is 4.99 Å². The zero-order chi connectivity index (χ0) is 16.9. The van der Waals surface area contributed by atoms with Crippen LogP contribution in [0.4, 0.5) is 0 Å². The highest BCUT2D eigenvalue weighted by molar-refractivity contribution is 14.0. The third kappa shape index (κ3) is 9.75. The first kappa shape index (κ1) is 22.7. The molecule has 0 aliphatic carbocycles. The fourth-order valence-corrected chi connectivity index (χ4v) is 2.37. The number of guanidine groups is 1. The summed E-state index contributed by atoms with van der Waals surface area (Å²) in [7, 11) is 5.28. The molecule has 0 fully saturated rings. The summed E-state index contributed by atoms with van der Waals surface area (Å²) in [5.74, 6) is 0.787. The average Bonchev–Trinajstić information content (AvgIpc) is 2.57. The van der Waals surface area contributed by atoms with Gasteiger partial charge in [0.05, 0.1) is 7.11 Å². The predicted octanol–water partition coefficient (Wildman–Crippen LogP) is 3.44. The number of halogens is 1. The molecule has 0 spiro atoms. The number of nitrogens with one attached hydrogen (secondary N) is 1. The molecule has 0 aromatic heterocycles. The number of hydrogen-bond donors (Lipinski definition) is 1. The molecule has 0 saturated heterocycles. The summed E-state index contributed by atoms with van der Waals surface area (Å²) >= 11 is 0. The fourth-order valence-electron chi connectivity index (χ4n) is 2.37. The number of ether oxygens (including phenoxy) is 1. The van der Waals surface area contributed by atoms with Gasteiger partial charge >= 0.3 is 5.97 Å². The van der Waals surface area contributed by atoms with E-state index < -0.39 is 0 Å². The molecule has 24 heavy (non-hydrogen) atoms. The summed E-state index contributed by atoms with van der Waals surface area (Å²) < 4.78 is 4.63. The van der Waals surface area contributed by atoms with Crippen molar-refractivity contribution in [3.8, 4) is 0 Å². The largest absolute Gasteiger partial charge is 0.469 e. The second kappa shape index (κ2) is 14.1. The van der Waals surface area contributed by atoms with Crippen molar-refractivity contribution in [3.63, 3.8) is 0 Å². The number of aliphatic imine (C=N–C) groups is 1. The first-order chi connectivity index (χ1) is 11.2. The Morgan fingerprint density at radius 1 is 1.17 bits per heavy atom. The quantitative estimate of drug-likeness (QED) is 0.207. The van der Waals surface area contributed by atoms with Gasteiger partial charge in [0.1, 0.15) is 0 Å². The summed E-state index contributed by atoms with van der Waals surface area (Å²) in [5.41, 5.74) is 1.26. The van der Waals surface area contributed by atoms with Gasteiger partial charge in [-0.25, -0.2) is 0 Å². The third-order valence-corrected chi connectivity index (χ3v) is 3.65. The first-order valence-electron chi connectivity index (χ1n) is 8.20. The Bertz CT molecular complexity index is 480. The van der Waals surface area contributed by atoms with E-state index in [2.05, 4.69) is 32.1 Å². The number of esters is 1. The minimum Gasteiger partial charge on any atom is -0.469 e. The van der Waals surface area contributed by atoms with Crippen LogP contribution in [0, 0.1) is 0 Å². The SMILES string of the molecule is CN=C(NCCCCCCC(=O)OC)N(C)Cc1ccccc1.I. The molecule has 5 nitrogen and oxygen atoms in total. The van der Waals surface area contributed by atoms with Crippen LogP contribution in [0.3, 0.4) is 0 Å². The van der Waals surface area contributed by atoms with E-state index in [-0.39, 0.29) is 29.9 Å². The minimum atomic E-state index is -0.119. The minimum absolute atomic E-state index is 0. The summed E-state index contributed by atoms with van der Waals surface area (Å²) in [6.07, 6.45) is 4.64. The van der Waals surface area contributed by atoms with Gasteiger partial charge in [0.15, 0.2) is 5.96 Å². The van der Waals surface area contributed by atoms with Crippen molar-refractivity contribution >= 4 is 35.9 Å². The van der Waals surface area contributed by atoms with Gasteiger partial charge in [0.25, 0.3) is 0 Å². The van der Waals surface area contributed by atoms with Gasteiger partial charge in [-0.05, 0) is 18.4 Å². The normalized spacial score (nSPS) is 10.7. The number of unbranched alkanes of at least 4 members (excludes halogenated alkanes) is 3. The number of rotatable bonds is 9. The molecule has 0 radical (unpaired) electrons. The number of carbonyl (C=O) groups excluding carboxylic acids is 1. The molecular weight excluding hydrogens is 417 g/mol. The van der Waals surface area contributed by atoms with Crippen LogP contribution in [0.15, 0.2) is 35.3 Å². The lowest BCUT2D eigenvalue weighted by atomic mass is 10.1. The van der Waals surface area contributed by atoms with Gasteiger partial charge < -0.3 is 15.0 Å². The van der Waals surface area contributed by atoms with Gasteiger partial charge in [0.2, 0.25) is 0 Å². The molecule has 0 amide bonds. The molecule has 0 unspecified atom stereocenters. The smallest absolute Gasteiger partial charge is 0.305 e. The standard InChI is InChI=1S/C18H29N3O2.HI/c1-19-18(21(2)15-16-11-7-6-8-12-16)20-14-10-5-4-9-13-17(22)23-3;/h6-8,11-12H,4-5,9-10,13-15H2,1-3H3,(H,19,20);1H. The average molecular weight is 447 g/mol. The molecule has 0 bridgehead atoms. The van der Waals surface area contributed by atoms with Gasteiger partial charge in [-0.3, -0.25) is 9.79 Å². The van der Waals surface area contributed by atoms with E-state index in [4.69, 9.17) is 0 Å². The summed E-state index contributed by atoms with van der Waals surface area (Å²) in [5, 5.41) is 3.38. The monoisotopic (exact) mass is 447 g/mol. The van der Waals surface area contributed by atoms with E-state index >= 15 is 0 Å². The second-order valence-corrected chi connectivity index (χ2v) is 5.56.